The first-order valence-corrected chi connectivity index (χ1v) is 7.93. The number of benzene rings is 2. The minimum atomic E-state index is -3.87. The summed E-state index contributed by atoms with van der Waals surface area (Å²) in [6, 6.07) is 8.09. The van der Waals surface area contributed by atoms with E-state index in [1.807, 2.05) is 0 Å². The lowest BCUT2D eigenvalue weighted by Gasteiger charge is -2.08. The first kappa shape index (κ1) is 15.1. The van der Waals surface area contributed by atoms with Crippen LogP contribution in [0.3, 0.4) is 0 Å². The molecule has 2 aromatic carbocycles. The SMILES string of the molecule is Nc1ccc(S(=O)(=O)Cc2cccc(Cl)c2Cl)c(F)c1. The molecule has 0 radical (unpaired) electrons. The van der Waals surface area contributed by atoms with Crippen molar-refractivity contribution in [1.29, 1.82) is 0 Å². The third-order valence-electron chi connectivity index (χ3n) is 2.67. The summed E-state index contributed by atoms with van der Waals surface area (Å²) in [6.45, 7) is 0. The van der Waals surface area contributed by atoms with Crippen LogP contribution in [0.5, 0.6) is 0 Å². The molecule has 0 aliphatic heterocycles. The molecule has 0 fully saturated rings. The van der Waals surface area contributed by atoms with Gasteiger partial charge in [-0.05, 0) is 29.8 Å². The lowest BCUT2D eigenvalue weighted by molar-refractivity contribution is 0.567. The van der Waals surface area contributed by atoms with Gasteiger partial charge >= 0.3 is 0 Å². The highest BCUT2D eigenvalue weighted by Crippen LogP contribution is 2.29. The van der Waals surface area contributed by atoms with Crippen molar-refractivity contribution in [3.8, 4) is 0 Å². The maximum absolute atomic E-state index is 13.7. The molecular weight excluding hydrogens is 324 g/mol. The van der Waals surface area contributed by atoms with Crippen LogP contribution in [0.15, 0.2) is 41.3 Å². The Hall–Kier alpha value is -1.30. The molecule has 0 aliphatic rings. The predicted octanol–water partition coefficient (Wildman–Crippen LogP) is 3.69. The largest absolute Gasteiger partial charge is 0.399 e. The van der Waals surface area contributed by atoms with Crippen molar-refractivity contribution < 1.29 is 12.8 Å². The van der Waals surface area contributed by atoms with Crippen molar-refractivity contribution in [2.24, 2.45) is 0 Å². The Morgan fingerprint density at radius 1 is 1.15 bits per heavy atom. The van der Waals surface area contributed by atoms with Gasteiger partial charge in [0.1, 0.15) is 10.7 Å². The highest BCUT2D eigenvalue weighted by atomic mass is 35.5. The van der Waals surface area contributed by atoms with E-state index in [4.69, 9.17) is 28.9 Å². The second-order valence-corrected chi connectivity index (χ2v) is 6.91. The highest BCUT2D eigenvalue weighted by molar-refractivity contribution is 7.90. The van der Waals surface area contributed by atoms with Crippen molar-refractivity contribution in [3.05, 3.63) is 57.8 Å². The van der Waals surface area contributed by atoms with E-state index in [0.717, 1.165) is 12.1 Å². The number of halogens is 3. The van der Waals surface area contributed by atoms with Crippen LogP contribution in [0.25, 0.3) is 0 Å². The molecule has 106 valence electrons. The van der Waals surface area contributed by atoms with Crippen molar-refractivity contribution in [2.45, 2.75) is 10.6 Å². The number of nitrogen functional groups attached to an aromatic ring is 1. The van der Waals surface area contributed by atoms with E-state index in [1.165, 1.54) is 12.1 Å². The van der Waals surface area contributed by atoms with Gasteiger partial charge in [-0.2, -0.15) is 0 Å². The van der Waals surface area contributed by atoms with Gasteiger partial charge in [0.2, 0.25) is 0 Å². The Kier molecular flexibility index (Phi) is 4.22. The molecule has 0 aliphatic carbocycles. The zero-order valence-corrected chi connectivity index (χ0v) is 12.4. The fourth-order valence-electron chi connectivity index (χ4n) is 1.71. The Balaban J connectivity index is 2.44. The molecular formula is C13H10Cl2FNO2S. The summed E-state index contributed by atoms with van der Waals surface area (Å²) in [5.74, 6) is -1.32. The Labute approximate surface area is 126 Å². The molecule has 0 bridgehead atoms. The van der Waals surface area contributed by atoms with Crippen LogP contribution in [-0.2, 0) is 15.6 Å². The van der Waals surface area contributed by atoms with Crippen LogP contribution in [0.2, 0.25) is 10.0 Å². The number of hydrogen-bond donors (Lipinski definition) is 1. The summed E-state index contributed by atoms with van der Waals surface area (Å²) in [6.07, 6.45) is 0. The van der Waals surface area contributed by atoms with Crippen LogP contribution >= 0.6 is 23.2 Å². The van der Waals surface area contributed by atoms with Gasteiger partial charge in [-0.3, -0.25) is 0 Å². The zero-order valence-electron chi connectivity index (χ0n) is 10.1. The van der Waals surface area contributed by atoms with Crippen LogP contribution in [0, 0.1) is 5.82 Å². The van der Waals surface area contributed by atoms with E-state index in [0.29, 0.717) is 5.56 Å². The molecule has 2 rings (SSSR count). The van der Waals surface area contributed by atoms with Gasteiger partial charge < -0.3 is 5.73 Å². The maximum atomic E-state index is 13.7. The van der Waals surface area contributed by atoms with E-state index >= 15 is 0 Å². The zero-order chi connectivity index (χ0) is 14.9. The number of rotatable bonds is 3. The summed E-state index contributed by atoms with van der Waals surface area (Å²) in [7, 11) is -3.87. The quantitative estimate of drug-likeness (QED) is 0.871. The lowest BCUT2D eigenvalue weighted by atomic mass is 10.2. The average molecular weight is 334 g/mol. The summed E-state index contributed by atoms with van der Waals surface area (Å²) >= 11 is 11.8. The van der Waals surface area contributed by atoms with E-state index in [9.17, 15) is 12.8 Å². The van der Waals surface area contributed by atoms with E-state index in [-0.39, 0.29) is 15.7 Å². The van der Waals surface area contributed by atoms with Gasteiger partial charge in [0.25, 0.3) is 0 Å². The maximum Gasteiger partial charge on any atom is 0.185 e. The van der Waals surface area contributed by atoms with Gasteiger partial charge in [-0.25, -0.2) is 12.8 Å². The minimum absolute atomic E-state index is 0.147. The summed E-state index contributed by atoms with van der Waals surface area (Å²) in [5.41, 5.74) is 5.86. The Morgan fingerprint density at radius 3 is 2.50 bits per heavy atom. The van der Waals surface area contributed by atoms with Crippen molar-refractivity contribution in [2.75, 3.05) is 5.73 Å². The molecule has 0 atom stereocenters. The average Bonchev–Trinajstić information content (AvgIpc) is 2.34. The number of sulfone groups is 1. The monoisotopic (exact) mass is 333 g/mol. The van der Waals surface area contributed by atoms with E-state index in [2.05, 4.69) is 0 Å². The van der Waals surface area contributed by atoms with Gasteiger partial charge in [-0.1, -0.05) is 35.3 Å². The molecule has 0 heterocycles. The fraction of sp³-hybridized carbons (Fsp3) is 0.0769. The molecule has 20 heavy (non-hydrogen) atoms. The molecule has 3 nitrogen and oxygen atoms in total. The van der Waals surface area contributed by atoms with Gasteiger partial charge in [0.05, 0.1) is 15.8 Å². The fourth-order valence-corrected chi connectivity index (χ4v) is 3.61. The molecule has 2 N–H and O–H groups in total. The molecule has 0 saturated carbocycles. The van der Waals surface area contributed by atoms with Crippen LogP contribution < -0.4 is 5.73 Å². The van der Waals surface area contributed by atoms with Crippen LogP contribution in [0.1, 0.15) is 5.56 Å². The third kappa shape index (κ3) is 3.06. The van der Waals surface area contributed by atoms with Crippen LogP contribution in [0.4, 0.5) is 10.1 Å². The minimum Gasteiger partial charge on any atom is -0.399 e. The van der Waals surface area contributed by atoms with Gasteiger partial charge in [0.15, 0.2) is 9.84 Å². The second-order valence-electron chi connectivity index (χ2n) is 4.16. The van der Waals surface area contributed by atoms with E-state index in [1.54, 1.807) is 12.1 Å². The highest BCUT2D eigenvalue weighted by Gasteiger charge is 2.21. The first-order valence-electron chi connectivity index (χ1n) is 5.52. The normalized spacial score (nSPS) is 11.6. The van der Waals surface area contributed by atoms with Gasteiger partial charge in [0, 0.05) is 5.69 Å². The molecule has 0 aromatic heterocycles. The predicted molar refractivity (Wildman–Crippen MR) is 78.2 cm³/mol. The van der Waals surface area contributed by atoms with Crippen molar-refractivity contribution in [1.82, 2.24) is 0 Å². The lowest BCUT2D eigenvalue weighted by Crippen LogP contribution is -2.08. The molecule has 0 amide bonds. The smallest absolute Gasteiger partial charge is 0.185 e. The molecule has 0 spiro atoms. The summed E-state index contributed by atoms with van der Waals surface area (Å²) < 4.78 is 38.1. The third-order valence-corrected chi connectivity index (χ3v) is 5.22. The van der Waals surface area contributed by atoms with Crippen molar-refractivity contribution >= 4 is 38.7 Å². The number of hydrogen-bond acceptors (Lipinski definition) is 3. The van der Waals surface area contributed by atoms with Crippen LogP contribution in [-0.4, -0.2) is 8.42 Å². The Morgan fingerprint density at radius 2 is 1.85 bits per heavy atom. The molecule has 0 saturated heterocycles. The first-order chi connectivity index (χ1) is 9.31. The Bertz CT molecular complexity index is 763. The van der Waals surface area contributed by atoms with Gasteiger partial charge in [-0.15, -0.1) is 0 Å². The topological polar surface area (TPSA) is 60.2 Å². The second kappa shape index (κ2) is 5.60. The molecule has 2 aromatic rings. The molecule has 0 unspecified atom stereocenters. The van der Waals surface area contributed by atoms with Crippen molar-refractivity contribution in [3.63, 3.8) is 0 Å². The van der Waals surface area contributed by atoms with E-state index < -0.39 is 26.3 Å². The standard InChI is InChI=1S/C13H10Cl2FNO2S/c14-10-3-1-2-8(13(10)15)7-20(18,19)12-5-4-9(17)6-11(12)16/h1-6H,7,17H2. The summed E-state index contributed by atoms with van der Waals surface area (Å²) in [4.78, 5) is -0.414. The number of nitrogens with two attached hydrogens (primary N) is 1. The molecule has 7 heteroatoms. The number of anilines is 1. The summed E-state index contributed by atoms with van der Waals surface area (Å²) in [5, 5.41) is 0.394.